The van der Waals surface area contributed by atoms with E-state index in [9.17, 15) is 9.59 Å². The molecule has 0 radical (unpaired) electrons. The quantitative estimate of drug-likeness (QED) is 0.436. The summed E-state index contributed by atoms with van der Waals surface area (Å²) in [5.74, 6) is 0.113. The first kappa shape index (κ1) is 19.4. The highest BCUT2D eigenvalue weighted by Gasteiger charge is 2.09. The molecule has 1 heterocycles. The van der Waals surface area contributed by atoms with Gasteiger partial charge in [-0.05, 0) is 62.2 Å². The number of rotatable bonds is 9. The number of fused-ring (bicyclic) bond motifs is 1. The third-order valence-electron chi connectivity index (χ3n) is 4.76. The largest absolute Gasteiger partial charge is 0.326 e. The maximum absolute atomic E-state index is 12.4. The van der Waals surface area contributed by atoms with Crippen molar-refractivity contribution in [2.24, 2.45) is 7.05 Å². The number of hydrogen-bond acceptors (Lipinski definition) is 3. The van der Waals surface area contributed by atoms with E-state index in [0.717, 1.165) is 54.0 Å². The lowest BCUT2D eigenvalue weighted by Crippen LogP contribution is -2.18. The number of halogens is 1. The maximum atomic E-state index is 12.4. The average Bonchev–Trinajstić information content (AvgIpc) is 2.95. The summed E-state index contributed by atoms with van der Waals surface area (Å²) in [6.07, 6.45) is 3.19. The molecule has 27 heavy (non-hydrogen) atoms. The lowest BCUT2D eigenvalue weighted by molar-refractivity contribution is 0.0979. The summed E-state index contributed by atoms with van der Waals surface area (Å²) >= 11 is 6.14. The molecule has 142 valence electrons. The third-order valence-corrected chi connectivity index (χ3v) is 5.13. The van der Waals surface area contributed by atoms with Gasteiger partial charge in [0.25, 0.3) is 0 Å². The fraction of sp³-hybridized carbons (Fsp3) is 0.333. The summed E-state index contributed by atoms with van der Waals surface area (Å²) in [6.45, 7) is 1.75. The first-order valence-corrected chi connectivity index (χ1v) is 9.60. The number of aromatic nitrogens is 2. The van der Waals surface area contributed by atoms with Crippen LogP contribution in [0.15, 0.2) is 47.3 Å². The first-order chi connectivity index (χ1) is 13.1. The third kappa shape index (κ3) is 4.87. The van der Waals surface area contributed by atoms with Gasteiger partial charge in [-0.2, -0.15) is 0 Å². The molecule has 2 aromatic carbocycles. The van der Waals surface area contributed by atoms with Crippen molar-refractivity contribution in [1.82, 2.24) is 14.9 Å². The number of H-pyrrole nitrogens is 1. The van der Waals surface area contributed by atoms with Crippen LogP contribution in [0.1, 0.15) is 35.2 Å². The number of Topliss-reactive ketones (excluding diaryl/α,β-unsaturated/α-hetero) is 1. The Bertz CT molecular complexity index is 991. The normalized spacial score (nSPS) is 11.2. The zero-order chi connectivity index (χ0) is 19.2. The van der Waals surface area contributed by atoms with Crippen LogP contribution < -0.4 is 11.0 Å². The highest BCUT2D eigenvalue weighted by Crippen LogP contribution is 2.16. The molecule has 2 N–H and O–H groups in total. The lowest BCUT2D eigenvalue weighted by atomic mass is 10.0. The minimum Gasteiger partial charge on any atom is -0.316 e. The van der Waals surface area contributed by atoms with Gasteiger partial charge in [0.2, 0.25) is 0 Å². The Balaban J connectivity index is 1.39. The summed E-state index contributed by atoms with van der Waals surface area (Å²) in [5, 5.41) is 4.20. The van der Waals surface area contributed by atoms with Gasteiger partial charge in [-0.1, -0.05) is 29.8 Å². The topological polar surface area (TPSA) is 66.9 Å². The second-order valence-electron chi connectivity index (χ2n) is 6.69. The van der Waals surface area contributed by atoms with Crippen molar-refractivity contribution in [3.63, 3.8) is 0 Å². The Morgan fingerprint density at radius 2 is 1.96 bits per heavy atom. The van der Waals surface area contributed by atoms with Crippen LogP contribution in [0, 0.1) is 0 Å². The van der Waals surface area contributed by atoms with E-state index in [2.05, 4.69) is 10.3 Å². The molecule has 3 aromatic rings. The minimum atomic E-state index is -0.169. The molecule has 1 aromatic heterocycles. The summed E-state index contributed by atoms with van der Waals surface area (Å²) in [6, 6.07) is 13.2. The number of nitrogens with one attached hydrogen (secondary N) is 2. The predicted molar refractivity (Wildman–Crippen MR) is 110 cm³/mol. The van der Waals surface area contributed by atoms with Gasteiger partial charge in [0.1, 0.15) is 0 Å². The number of carbonyl (C=O) groups is 1. The molecule has 0 spiro atoms. The fourth-order valence-corrected chi connectivity index (χ4v) is 3.36. The molecule has 0 fully saturated rings. The summed E-state index contributed by atoms with van der Waals surface area (Å²) in [4.78, 5) is 26.8. The van der Waals surface area contributed by atoms with Gasteiger partial charge in [0.15, 0.2) is 5.78 Å². The van der Waals surface area contributed by atoms with Gasteiger partial charge in [-0.3, -0.25) is 9.36 Å². The molecule has 0 unspecified atom stereocenters. The van der Waals surface area contributed by atoms with Crippen LogP contribution in [0.2, 0.25) is 5.02 Å². The standard InChI is InChI=1S/C21H24ClN3O2/c1-25-19-14-16(9-10-18(19)24-21(25)27)20(26)8-4-5-12-23-13-11-15-6-2-3-7-17(15)22/h2-3,6-7,9-10,14,23H,4-5,8,11-13H2,1H3,(H,24,27). The predicted octanol–water partition coefficient (Wildman–Crippen LogP) is 3.71. The van der Waals surface area contributed by atoms with Gasteiger partial charge in [0.05, 0.1) is 11.0 Å². The number of aromatic amines is 1. The summed E-state index contributed by atoms with van der Waals surface area (Å²) < 4.78 is 1.52. The van der Waals surface area contributed by atoms with Crippen molar-refractivity contribution >= 4 is 28.4 Å². The number of carbonyl (C=O) groups excluding carboxylic acids is 1. The molecule has 0 aliphatic heterocycles. The second kappa shape index (κ2) is 9.02. The number of aryl methyl sites for hydroxylation is 1. The van der Waals surface area contributed by atoms with Crippen molar-refractivity contribution in [3.05, 3.63) is 69.1 Å². The van der Waals surface area contributed by atoms with Crippen molar-refractivity contribution in [2.75, 3.05) is 13.1 Å². The van der Waals surface area contributed by atoms with Gasteiger partial charge < -0.3 is 10.3 Å². The number of benzene rings is 2. The lowest BCUT2D eigenvalue weighted by Gasteiger charge is -2.06. The Kier molecular flexibility index (Phi) is 6.48. The van der Waals surface area contributed by atoms with Crippen molar-refractivity contribution in [2.45, 2.75) is 25.7 Å². The fourth-order valence-electron chi connectivity index (χ4n) is 3.13. The second-order valence-corrected chi connectivity index (χ2v) is 7.10. The molecule has 0 atom stereocenters. The summed E-state index contributed by atoms with van der Waals surface area (Å²) in [5.41, 5.74) is 3.14. The van der Waals surface area contributed by atoms with E-state index in [1.807, 2.05) is 24.3 Å². The maximum Gasteiger partial charge on any atom is 0.326 e. The average molecular weight is 386 g/mol. The van der Waals surface area contributed by atoms with Gasteiger partial charge in [-0.25, -0.2) is 4.79 Å². The van der Waals surface area contributed by atoms with Gasteiger partial charge >= 0.3 is 5.69 Å². The van der Waals surface area contributed by atoms with E-state index in [4.69, 9.17) is 11.6 Å². The molecular weight excluding hydrogens is 362 g/mol. The molecule has 0 saturated heterocycles. The molecule has 0 aliphatic carbocycles. The zero-order valence-corrected chi connectivity index (χ0v) is 16.2. The number of nitrogens with zero attached hydrogens (tertiary/aromatic N) is 1. The Hall–Kier alpha value is -2.37. The number of hydrogen-bond donors (Lipinski definition) is 2. The van der Waals surface area contributed by atoms with Crippen molar-refractivity contribution in [1.29, 1.82) is 0 Å². The Morgan fingerprint density at radius 3 is 2.78 bits per heavy atom. The van der Waals surface area contributed by atoms with Crippen LogP contribution in [0.3, 0.4) is 0 Å². The van der Waals surface area contributed by atoms with Crippen LogP contribution in [-0.2, 0) is 13.5 Å². The molecule has 0 bridgehead atoms. The first-order valence-electron chi connectivity index (χ1n) is 9.22. The summed E-state index contributed by atoms with van der Waals surface area (Å²) in [7, 11) is 1.70. The smallest absolute Gasteiger partial charge is 0.316 e. The molecule has 3 rings (SSSR count). The van der Waals surface area contributed by atoms with E-state index in [0.29, 0.717) is 12.0 Å². The minimum absolute atomic E-state index is 0.113. The van der Waals surface area contributed by atoms with E-state index < -0.39 is 0 Å². The zero-order valence-electron chi connectivity index (χ0n) is 15.4. The Morgan fingerprint density at radius 1 is 1.15 bits per heavy atom. The van der Waals surface area contributed by atoms with Gasteiger partial charge in [0, 0.05) is 24.1 Å². The van der Waals surface area contributed by atoms with Crippen LogP contribution in [0.4, 0.5) is 0 Å². The number of ketones is 1. The van der Waals surface area contributed by atoms with E-state index in [1.165, 1.54) is 4.57 Å². The highest BCUT2D eigenvalue weighted by molar-refractivity contribution is 6.31. The molecule has 0 aliphatic rings. The molecule has 6 heteroatoms. The van der Waals surface area contributed by atoms with Gasteiger partial charge in [-0.15, -0.1) is 0 Å². The van der Waals surface area contributed by atoms with E-state index in [1.54, 1.807) is 25.2 Å². The number of unbranched alkanes of at least 4 members (excludes halogenated alkanes) is 1. The van der Waals surface area contributed by atoms with Crippen LogP contribution >= 0.6 is 11.6 Å². The molecule has 5 nitrogen and oxygen atoms in total. The van der Waals surface area contributed by atoms with Crippen molar-refractivity contribution < 1.29 is 4.79 Å². The van der Waals surface area contributed by atoms with Crippen LogP contribution in [-0.4, -0.2) is 28.4 Å². The highest BCUT2D eigenvalue weighted by atomic mass is 35.5. The Labute approximate surface area is 163 Å². The van der Waals surface area contributed by atoms with E-state index >= 15 is 0 Å². The monoisotopic (exact) mass is 385 g/mol. The number of imidazole rings is 1. The van der Waals surface area contributed by atoms with Crippen LogP contribution in [0.25, 0.3) is 11.0 Å². The SMILES string of the molecule is Cn1c(=O)[nH]c2ccc(C(=O)CCCCNCCc3ccccc3Cl)cc21. The molecule has 0 amide bonds. The van der Waals surface area contributed by atoms with Crippen LogP contribution in [0.5, 0.6) is 0 Å². The molecule has 0 saturated carbocycles. The van der Waals surface area contributed by atoms with Crippen molar-refractivity contribution in [3.8, 4) is 0 Å². The molecular formula is C21H24ClN3O2. The van der Waals surface area contributed by atoms with E-state index in [-0.39, 0.29) is 11.5 Å².